The molecule has 0 aliphatic heterocycles. The fourth-order valence-corrected chi connectivity index (χ4v) is 3.34. The largest absolute Gasteiger partial charge is 0.363 e. The summed E-state index contributed by atoms with van der Waals surface area (Å²) < 4.78 is 17.3. The maximum Gasteiger partial charge on any atom is 0.256 e. The SMILES string of the molecule is Cc1cncc(C(=O)NC2=CC=C[C@](F)(C(C)Nc3cnc4cnn(C)c4n3)C2)c1. The molecule has 4 rings (SSSR count). The van der Waals surface area contributed by atoms with Crippen molar-refractivity contribution >= 4 is 22.9 Å². The predicted molar refractivity (Wildman–Crippen MR) is 112 cm³/mol. The van der Waals surface area contributed by atoms with Crippen LogP contribution >= 0.6 is 0 Å². The van der Waals surface area contributed by atoms with Crippen LogP contribution in [0.5, 0.6) is 0 Å². The summed E-state index contributed by atoms with van der Waals surface area (Å²) in [6, 6.07) is 1.12. The van der Waals surface area contributed by atoms with Crippen molar-refractivity contribution in [1.82, 2.24) is 30.0 Å². The molecule has 8 nitrogen and oxygen atoms in total. The Kier molecular flexibility index (Phi) is 5.03. The first-order chi connectivity index (χ1) is 14.3. The first kappa shape index (κ1) is 19.7. The molecule has 1 unspecified atom stereocenters. The van der Waals surface area contributed by atoms with Crippen molar-refractivity contribution in [2.45, 2.75) is 32.0 Å². The van der Waals surface area contributed by atoms with Gasteiger partial charge in [0.25, 0.3) is 5.91 Å². The van der Waals surface area contributed by atoms with Crippen LogP contribution < -0.4 is 10.6 Å². The average molecular weight is 407 g/mol. The van der Waals surface area contributed by atoms with E-state index in [2.05, 4.69) is 30.7 Å². The van der Waals surface area contributed by atoms with Gasteiger partial charge in [-0.25, -0.2) is 19.0 Å². The van der Waals surface area contributed by atoms with E-state index in [1.54, 1.807) is 55.5 Å². The number of nitrogens with one attached hydrogen (secondary N) is 2. The van der Waals surface area contributed by atoms with Gasteiger partial charge in [-0.3, -0.25) is 9.78 Å². The maximum absolute atomic E-state index is 15.7. The third-order valence-electron chi connectivity index (χ3n) is 5.07. The van der Waals surface area contributed by atoms with E-state index in [0.29, 0.717) is 28.2 Å². The number of allylic oxidation sites excluding steroid dienone is 3. The molecule has 9 heteroatoms. The number of alkyl halides is 1. The zero-order chi connectivity index (χ0) is 21.3. The van der Waals surface area contributed by atoms with Crippen molar-refractivity contribution in [2.75, 3.05) is 5.32 Å². The number of nitrogens with zero attached hydrogens (tertiary/aromatic N) is 5. The first-order valence-corrected chi connectivity index (χ1v) is 9.56. The van der Waals surface area contributed by atoms with Crippen LogP contribution in [0.2, 0.25) is 0 Å². The van der Waals surface area contributed by atoms with Gasteiger partial charge in [0.1, 0.15) is 11.3 Å². The van der Waals surface area contributed by atoms with Crippen LogP contribution in [0.3, 0.4) is 0 Å². The lowest BCUT2D eigenvalue weighted by Crippen LogP contribution is -2.43. The molecule has 2 atom stereocenters. The van der Waals surface area contributed by atoms with E-state index < -0.39 is 11.7 Å². The third-order valence-corrected chi connectivity index (χ3v) is 5.07. The van der Waals surface area contributed by atoms with Crippen LogP contribution in [0, 0.1) is 6.92 Å². The molecule has 154 valence electrons. The van der Waals surface area contributed by atoms with Gasteiger partial charge in [-0.15, -0.1) is 0 Å². The summed E-state index contributed by atoms with van der Waals surface area (Å²) in [5.41, 5.74) is 1.37. The molecule has 30 heavy (non-hydrogen) atoms. The van der Waals surface area contributed by atoms with E-state index in [0.717, 1.165) is 5.56 Å². The number of pyridine rings is 1. The molecular formula is C21H22FN7O. The summed E-state index contributed by atoms with van der Waals surface area (Å²) in [7, 11) is 1.77. The second-order valence-corrected chi connectivity index (χ2v) is 7.46. The van der Waals surface area contributed by atoms with Crippen LogP contribution in [0.4, 0.5) is 10.2 Å². The van der Waals surface area contributed by atoms with Gasteiger partial charge in [0.15, 0.2) is 11.3 Å². The van der Waals surface area contributed by atoms with Crippen molar-refractivity contribution in [3.8, 4) is 0 Å². The third kappa shape index (κ3) is 3.91. The van der Waals surface area contributed by atoms with Crippen molar-refractivity contribution in [3.05, 3.63) is 65.9 Å². The molecule has 1 aliphatic carbocycles. The van der Waals surface area contributed by atoms with Gasteiger partial charge in [0.2, 0.25) is 0 Å². The molecule has 3 heterocycles. The Hall–Kier alpha value is -3.62. The summed E-state index contributed by atoms with van der Waals surface area (Å²) in [4.78, 5) is 25.3. The number of carbonyl (C=O) groups is 1. The predicted octanol–water partition coefficient (Wildman–Crippen LogP) is 2.85. The number of halogens is 1. The van der Waals surface area contributed by atoms with Crippen molar-refractivity contribution < 1.29 is 9.18 Å². The molecule has 0 spiro atoms. The molecule has 0 saturated heterocycles. The van der Waals surface area contributed by atoms with Gasteiger partial charge in [-0.2, -0.15) is 5.10 Å². The Balaban J connectivity index is 1.46. The number of anilines is 1. The van der Waals surface area contributed by atoms with E-state index in [4.69, 9.17) is 0 Å². The molecule has 3 aromatic heterocycles. The lowest BCUT2D eigenvalue weighted by Gasteiger charge is -2.32. The summed E-state index contributed by atoms with van der Waals surface area (Å²) in [5.74, 6) is 0.137. The van der Waals surface area contributed by atoms with Crippen LogP contribution in [0.1, 0.15) is 29.3 Å². The quantitative estimate of drug-likeness (QED) is 0.675. The van der Waals surface area contributed by atoms with Crippen molar-refractivity contribution in [1.29, 1.82) is 0 Å². The lowest BCUT2D eigenvalue weighted by molar-refractivity contribution is 0.0958. The minimum Gasteiger partial charge on any atom is -0.363 e. The molecule has 0 bridgehead atoms. The smallest absolute Gasteiger partial charge is 0.256 e. The summed E-state index contributed by atoms with van der Waals surface area (Å²) in [5, 5.41) is 9.99. The summed E-state index contributed by atoms with van der Waals surface area (Å²) >= 11 is 0. The minimum atomic E-state index is -1.72. The van der Waals surface area contributed by atoms with E-state index in [1.807, 2.05) is 6.92 Å². The standard InChI is InChI=1S/C21H22FN7O/c1-13-7-15(10-23-9-13)20(30)27-16-5-4-6-21(22,8-16)14(2)26-18-12-24-17-11-25-29(3)19(17)28-18/h4-7,9-12,14H,8H2,1-3H3,(H,26,28)(H,27,30)/t14?,21-/m1/s1. The first-order valence-electron chi connectivity index (χ1n) is 9.56. The van der Waals surface area contributed by atoms with Crippen LogP contribution in [-0.2, 0) is 7.05 Å². The fraction of sp³-hybridized carbons (Fsp3) is 0.286. The Morgan fingerprint density at radius 1 is 1.30 bits per heavy atom. The Labute approximate surface area is 172 Å². The number of rotatable bonds is 5. The molecule has 2 N–H and O–H groups in total. The van der Waals surface area contributed by atoms with Crippen molar-refractivity contribution in [2.24, 2.45) is 7.05 Å². The summed E-state index contributed by atoms with van der Waals surface area (Å²) in [6.45, 7) is 3.59. The monoisotopic (exact) mass is 407 g/mol. The van der Waals surface area contributed by atoms with E-state index >= 15 is 4.39 Å². The van der Waals surface area contributed by atoms with Gasteiger partial charge < -0.3 is 10.6 Å². The van der Waals surface area contributed by atoms with E-state index in [1.165, 1.54) is 12.3 Å². The Morgan fingerprint density at radius 3 is 2.93 bits per heavy atom. The van der Waals surface area contributed by atoms with Crippen molar-refractivity contribution in [3.63, 3.8) is 0 Å². The molecular weight excluding hydrogens is 385 g/mol. The highest BCUT2D eigenvalue weighted by Crippen LogP contribution is 2.31. The van der Waals surface area contributed by atoms with Gasteiger partial charge >= 0.3 is 0 Å². The second kappa shape index (κ2) is 7.66. The van der Waals surface area contributed by atoms with Gasteiger partial charge in [0.05, 0.1) is 24.0 Å². The van der Waals surface area contributed by atoms with Crippen LogP contribution in [0.15, 0.2) is 54.8 Å². The molecule has 1 aliphatic rings. The molecule has 3 aromatic rings. The minimum absolute atomic E-state index is 0.0179. The number of hydrogen-bond donors (Lipinski definition) is 2. The molecule has 0 aromatic carbocycles. The van der Waals surface area contributed by atoms with Crippen LogP contribution in [0.25, 0.3) is 11.2 Å². The average Bonchev–Trinajstić information content (AvgIpc) is 3.08. The summed E-state index contributed by atoms with van der Waals surface area (Å²) in [6.07, 6.45) is 11.2. The lowest BCUT2D eigenvalue weighted by atomic mass is 9.88. The zero-order valence-corrected chi connectivity index (χ0v) is 16.9. The number of aryl methyl sites for hydroxylation is 2. The molecule has 0 fully saturated rings. The highest BCUT2D eigenvalue weighted by Gasteiger charge is 2.37. The second-order valence-electron chi connectivity index (χ2n) is 7.46. The van der Waals surface area contributed by atoms with Crippen LogP contribution in [-0.4, -0.2) is 42.4 Å². The van der Waals surface area contributed by atoms with E-state index in [-0.39, 0.29) is 12.3 Å². The maximum atomic E-state index is 15.7. The number of hydrogen-bond acceptors (Lipinski definition) is 6. The number of aromatic nitrogens is 5. The zero-order valence-electron chi connectivity index (χ0n) is 16.9. The van der Waals surface area contributed by atoms with E-state index in [9.17, 15) is 4.79 Å². The van der Waals surface area contributed by atoms with Gasteiger partial charge in [0, 0.05) is 31.6 Å². The number of amides is 1. The molecule has 1 amide bonds. The Bertz CT molecular complexity index is 1170. The Morgan fingerprint density at radius 2 is 2.13 bits per heavy atom. The highest BCUT2D eigenvalue weighted by molar-refractivity contribution is 5.95. The topological polar surface area (TPSA) is 97.6 Å². The number of carbonyl (C=O) groups excluding carboxylic acids is 1. The highest BCUT2D eigenvalue weighted by atomic mass is 19.1. The molecule has 0 saturated carbocycles. The fourth-order valence-electron chi connectivity index (χ4n) is 3.34. The normalized spacial score (nSPS) is 19.4. The number of fused-ring (bicyclic) bond motifs is 1. The van der Waals surface area contributed by atoms with Gasteiger partial charge in [-0.05, 0) is 37.6 Å². The van der Waals surface area contributed by atoms with Gasteiger partial charge in [-0.1, -0.05) is 6.08 Å². The molecule has 0 radical (unpaired) electrons.